The summed E-state index contributed by atoms with van der Waals surface area (Å²) in [7, 11) is 1.62. The predicted octanol–water partition coefficient (Wildman–Crippen LogP) is 2.53. The normalized spacial score (nSPS) is 10.8. The minimum atomic E-state index is -0.111. The second kappa shape index (κ2) is 6.34. The highest BCUT2D eigenvalue weighted by Gasteiger charge is 2.09. The van der Waals surface area contributed by atoms with Gasteiger partial charge < -0.3 is 19.6 Å². The Kier molecular flexibility index (Phi) is 4.09. The zero-order chi connectivity index (χ0) is 15.4. The molecule has 6 nitrogen and oxygen atoms in total. The van der Waals surface area contributed by atoms with Crippen LogP contribution in [-0.4, -0.2) is 29.7 Å². The quantitative estimate of drug-likeness (QED) is 0.685. The van der Waals surface area contributed by atoms with Crippen LogP contribution in [0.3, 0.4) is 0 Å². The molecule has 0 aliphatic heterocycles. The minimum absolute atomic E-state index is 0.111. The Morgan fingerprint density at radius 1 is 1.41 bits per heavy atom. The van der Waals surface area contributed by atoms with E-state index in [0.29, 0.717) is 12.2 Å². The average Bonchev–Trinajstić information content (AvgIpc) is 3.19. The molecule has 114 valence electrons. The molecule has 6 heteroatoms. The summed E-state index contributed by atoms with van der Waals surface area (Å²) < 4.78 is 9.94. The molecule has 3 aromatic rings. The Morgan fingerprint density at radius 3 is 3.09 bits per heavy atom. The molecule has 3 rings (SSSR count). The van der Waals surface area contributed by atoms with E-state index >= 15 is 0 Å². The number of aryl methyl sites for hydroxylation is 1. The molecule has 0 aliphatic carbocycles. The predicted molar refractivity (Wildman–Crippen MR) is 82.0 cm³/mol. The highest BCUT2D eigenvalue weighted by atomic mass is 16.5. The van der Waals surface area contributed by atoms with Crippen LogP contribution < -0.4 is 10.1 Å². The summed E-state index contributed by atoms with van der Waals surface area (Å²) in [5.41, 5.74) is 2.47. The van der Waals surface area contributed by atoms with E-state index in [2.05, 4.69) is 15.5 Å². The van der Waals surface area contributed by atoms with Gasteiger partial charge in [-0.05, 0) is 31.0 Å². The number of nitrogens with one attached hydrogen (secondary N) is 2. The number of ether oxygens (including phenoxy) is 1. The fraction of sp³-hybridized carbons (Fsp3) is 0.250. The number of nitrogens with zero attached hydrogens (tertiary/aromatic N) is 1. The third kappa shape index (κ3) is 3.11. The van der Waals surface area contributed by atoms with E-state index in [4.69, 9.17) is 9.26 Å². The van der Waals surface area contributed by atoms with Crippen LogP contribution in [0.5, 0.6) is 5.75 Å². The van der Waals surface area contributed by atoms with Crippen LogP contribution in [0.2, 0.25) is 0 Å². The number of amides is 1. The van der Waals surface area contributed by atoms with Crippen molar-refractivity contribution >= 4 is 16.8 Å². The minimum Gasteiger partial charge on any atom is -0.497 e. The summed E-state index contributed by atoms with van der Waals surface area (Å²) in [6.07, 6.45) is 4.97. The van der Waals surface area contributed by atoms with Crippen LogP contribution in [-0.2, 0) is 6.42 Å². The van der Waals surface area contributed by atoms with E-state index in [1.807, 2.05) is 24.3 Å². The number of benzene rings is 1. The molecule has 1 aromatic carbocycles. The van der Waals surface area contributed by atoms with Gasteiger partial charge in [-0.25, -0.2) is 0 Å². The fourth-order valence-corrected chi connectivity index (χ4v) is 2.30. The molecular weight excluding hydrogens is 282 g/mol. The summed E-state index contributed by atoms with van der Waals surface area (Å²) in [5, 5.41) is 7.52. The molecule has 22 heavy (non-hydrogen) atoms. The van der Waals surface area contributed by atoms with Crippen LogP contribution >= 0.6 is 0 Å². The van der Waals surface area contributed by atoms with Gasteiger partial charge in [0.05, 0.1) is 13.3 Å². The van der Waals surface area contributed by atoms with Gasteiger partial charge in [0.25, 0.3) is 5.91 Å². The summed E-state index contributed by atoms with van der Waals surface area (Å²) in [5.74, 6) is 0.649. The highest BCUT2D eigenvalue weighted by Crippen LogP contribution is 2.21. The lowest BCUT2D eigenvalue weighted by molar-refractivity contribution is 0.0949. The van der Waals surface area contributed by atoms with Crippen molar-refractivity contribution in [3.63, 3.8) is 0 Å². The lowest BCUT2D eigenvalue weighted by Crippen LogP contribution is -2.25. The van der Waals surface area contributed by atoms with Gasteiger partial charge >= 0.3 is 0 Å². The first-order valence-corrected chi connectivity index (χ1v) is 7.09. The third-order valence-corrected chi connectivity index (χ3v) is 3.49. The van der Waals surface area contributed by atoms with Crippen molar-refractivity contribution in [2.45, 2.75) is 12.8 Å². The highest BCUT2D eigenvalue weighted by molar-refractivity contribution is 5.98. The number of rotatable bonds is 6. The van der Waals surface area contributed by atoms with Crippen molar-refractivity contribution in [1.29, 1.82) is 0 Å². The van der Waals surface area contributed by atoms with Gasteiger partial charge in [0.2, 0.25) is 0 Å². The largest absolute Gasteiger partial charge is 0.497 e. The van der Waals surface area contributed by atoms with E-state index in [9.17, 15) is 4.79 Å². The van der Waals surface area contributed by atoms with Crippen molar-refractivity contribution in [3.8, 4) is 5.75 Å². The Hall–Kier alpha value is -2.76. The molecule has 0 spiro atoms. The number of methoxy groups -OCH3 is 1. The topological polar surface area (TPSA) is 80.2 Å². The Balaban J connectivity index is 1.57. The fourth-order valence-electron chi connectivity index (χ4n) is 2.30. The number of hydrogen-bond acceptors (Lipinski definition) is 4. The molecule has 0 aliphatic rings. The number of fused-ring (bicyclic) bond motifs is 1. The monoisotopic (exact) mass is 299 g/mol. The zero-order valence-electron chi connectivity index (χ0n) is 12.3. The van der Waals surface area contributed by atoms with E-state index in [-0.39, 0.29) is 5.91 Å². The number of H-pyrrole nitrogens is 1. The van der Waals surface area contributed by atoms with Crippen molar-refractivity contribution in [2.24, 2.45) is 0 Å². The molecule has 0 saturated heterocycles. The maximum atomic E-state index is 12.1. The molecule has 1 amide bonds. The van der Waals surface area contributed by atoms with Gasteiger partial charge in [-0.15, -0.1) is 0 Å². The van der Waals surface area contributed by atoms with Crippen LogP contribution in [0.15, 0.2) is 41.2 Å². The Morgan fingerprint density at radius 2 is 2.32 bits per heavy atom. The number of aromatic nitrogens is 2. The first-order chi connectivity index (χ1) is 10.8. The summed E-state index contributed by atoms with van der Waals surface area (Å²) >= 11 is 0. The van der Waals surface area contributed by atoms with E-state index < -0.39 is 0 Å². The zero-order valence-corrected chi connectivity index (χ0v) is 12.3. The lowest BCUT2D eigenvalue weighted by atomic mass is 10.2. The van der Waals surface area contributed by atoms with Gasteiger partial charge in [-0.1, -0.05) is 5.16 Å². The number of carbonyl (C=O) groups is 1. The molecular formula is C16H17N3O3. The van der Waals surface area contributed by atoms with Gasteiger partial charge in [0.1, 0.15) is 17.7 Å². The maximum Gasteiger partial charge on any atom is 0.267 e. The van der Waals surface area contributed by atoms with Gasteiger partial charge in [-0.2, -0.15) is 0 Å². The van der Waals surface area contributed by atoms with E-state index in [1.165, 1.54) is 0 Å². The van der Waals surface area contributed by atoms with Crippen LogP contribution in [0.1, 0.15) is 22.5 Å². The summed E-state index contributed by atoms with van der Waals surface area (Å²) in [6.45, 7) is 0.600. The molecule has 0 atom stereocenters. The molecule has 2 aromatic heterocycles. The summed E-state index contributed by atoms with van der Waals surface area (Å²) in [4.78, 5) is 15.2. The Labute approximate surface area is 127 Å². The number of carbonyl (C=O) groups excluding carboxylic acids is 1. The van der Waals surface area contributed by atoms with Gasteiger partial charge in [0, 0.05) is 29.1 Å². The molecule has 2 heterocycles. The average molecular weight is 299 g/mol. The summed E-state index contributed by atoms with van der Waals surface area (Å²) in [6, 6.07) is 7.51. The first kappa shape index (κ1) is 14.2. The van der Waals surface area contributed by atoms with E-state index in [1.54, 1.807) is 19.6 Å². The molecule has 0 radical (unpaired) electrons. The van der Waals surface area contributed by atoms with Crippen molar-refractivity contribution in [1.82, 2.24) is 15.5 Å². The molecule has 0 bridgehead atoms. The molecule has 0 fully saturated rings. The van der Waals surface area contributed by atoms with Crippen LogP contribution in [0.4, 0.5) is 0 Å². The lowest BCUT2D eigenvalue weighted by Gasteiger charge is -2.02. The smallest absolute Gasteiger partial charge is 0.267 e. The van der Waals surface area contributed by atoms with Crippen LogP contribution in [0.25, 0.3) is 10.9 Å². The SMILES string of the molecule is COc1ccc2cc(C(=O)NCCCc3cnoc3)[nH]c2c1. The molecule has 0 unspecified atom stereocenters. The van der Waals surface area contributed by atoms with Gasteiger partial charge in [-0.3, -0.25) is 4.79 Å². The van der Waals surface area contributed by atoms with Crippen molar-refractivity contribution < 1.29 is 14.1 Å². The number of hydrogen-bond donors (Lipinski definition) is 2. The number of aromatic amines is 1. The van der Waals surface area contributed by atoms with Crippen LogP contribution in [0, 0.1) is 0 Å². The first-order valence-electron chi connectivity index (χ1n) is 7.09. The second-order valence-corrected chi connectivity index (χ2v) is 5.03. The van der Waals surface area contributed by atoms with Gasteiger partial charge in [0.15, 0.2) is 0 Å². The van der Waals surface area contributed by atoms with E-state index in [0.717, 1.165) is 35.1 Å². The second-order valence-electron chi connectivity index (χ2n) is 5.03. The third-order valence-electron chi connectivity index (χ3n) is 3.49. The molecule has 2 N–H and O–H groups in total. The standard InChI is InChI=1S/C16H17N3O3/c1-21-13-5-4-12-7-15(19-14(12)8-13)16(20)17-6-2-3-11-9-18-22-10-11/h4-5,7-10,19H,2-3,6H2,1H3,(H,17,20). The molecule has 0 saturated carbocycles. The maximum absolute atomic E-state index is 12.1. The van der Waals surface area contributed by atoms with Crippen molar-refractivity contribution in [3.05, 3.63) is 48.0 Å². The Bertz CT molecular complexity index is 762. The van der Waals surface area contributed by atoms with Crippen molar-refractivity contribution in [2.75, 3.05) is 13.7 Å².